The highest BCUT2D eigenvalue weighted by molar-refractivity contribution is 5.95. The molecule has 18 heavy (non-hydrogen) atoms. The zero-order valence-corrected chi connectivity index (χ0v) is 10.5. The first kappa shape index (κ1) is 14.0. The first-order valence-corrected chi connectivity index (χ1v) is 5.70. The molecule has 0 aliphatic heterocycles. The summed E-state index contributed by atoms with van der Waals surface area (Å²) in [7, 11) is 0. The molecule has 0 spiro atoms. The Morgan fingerprint density at radius 1 is 1.28 bits per heavy atom. The van der Waals surface area contributed by atoms with Crippen molar-refractivity contribution in [2.75, 3.05) is 6.61 Å². The third-order valence-corrected chi connectivity index (χ3v) is 2.47. The van der Waals surface area contributed by atoms with Crippen molar-refractivity contribution >= 4 is 11.8 Å². The van der Waals surface area contributed by atoms with Crippen LogP contribution in [0.1, 0.15) is 30.6 Å². The van der Waals surface area contributed by atoms with E-state index in [0.29, 0.717) is 17.7 Å². The summed E-state index contributed by atoms with van der Waals surface area (Å²) in [4.78, 5) is 21.9. The molecule has 0 aliphatic rings. The van der Waals surface area contributed by atoms with Gasteiger partial charge in [-0.25, -0.2) is 4.79 Å². The van der Waals surface area contributed by atoms with E-state index >= 15 is 0 Å². The zero-order chi connectivity index (χ0) is 13.5. The van der Waals surface area contributed by atoms with E-state index in [2.05, 4.69) is 0 Å². The summed E-state index contributed by atoms with van der Waals surface area (Å²) in [6, 6.07) is 6.81. The third kappa shape index (κ3) is 4.05. The minimum absolute atomic E-state index is 0.0863. The largest absolute Gasteiger partial charge is 0.490 e. The van der Waals surface area contributed by atoms with E-state index in [-0.39, 0.29) is 18.0 Å². The number of benzene rings is 1. The summed E-state index contributed by atoms with van der Waals surface area (Å²) in [6.07, 6.45) is 1.97. The standard InChI is InChI=1S/C14H16O4/c1-3-13(15)11-4-6-12(7-5-11)18-9-8-10(2)14(16)17/h4-8H,3,9H2,1-2H3,(H,16,17). The number of carboxylic acid groups (broad SMARTS) is 1. The van der Waals surface area contributed by atoms with Crippen LogP contribution in [0.4, 0.5) is 0 Å². The Morgan fingerprint density at radius 3 is 2.39 bits per heavy atom. The van der Waals surface area contributed by atoms with Crippen molar-refractivity contribution in [3.63, 3.8) is 0 Å². The summed E-state index contributed by atoms with van der Waals surface area (Å²) >= 11 is 0. The maximum atomic E-state index is 11.4. The van der Waals surface area contributed by atoms with Crippen LogP contribution in [0.15, 0.2) is 35.9 Å². The number of rotatable bonds is 6. The van der Waals surface area contributed by atoms with Crippen LogP contribution >= 0.6 is 0 Å². The molecule has 4 nitrogen and oxygen atoms in total. The topological polar surface area (TPSA) is 63.6 Å². The molecule has 0 saturated carbocycles. The predicted molar refractivity (Wildman–Crippen MR) is 68.0 cm³/mol. The first-order chi connectivity index (χ1) is 8.54. The second-order valence-electron chi connectivity index (χ2n) is 3.80. The fourth-order valence-electron chi connectivity index (χ4n) is 1.29. The minimum atomic E-state index is -0.956. The van der Waals surface area contributed by atoms with E-state index in [1.807, 2.05) is 6.92 Å². The van der Waals surface area contributed by atoms with Crippen LogP contribution in [-0.4, -0.2) is 23.5 Å². The number of Topliss-reactive ketones (excluding diaryl/α,β-unsaturated/α-hetero) is 1. The van der Waals surface area contributed by atoms with E-state index in [0.717, 1.165) is 0 Å². The Bertz CT molecular complexity index is 457. The number of ketones is 1. The molecular formula is C14H16O4. The fraction of sp³-hybridized carbons (Fsp3) is 0.286. The van der Waals surface area contributed by atoms with Gasteiger partial charge in [-0.3, -0.25) is 4.79 Å². The highest BCUT2D eigenvalue weighted by Gasteiger charge is 2.03. The van der Waals surface area contributed by atoms with Crippen LogP contribution < -0.4 is 4.74 Å². The number of aliphatic carboxylic acids is 1. The van der Waals surface area contributed by atoms with Gasteiger partial charge in [-0.15, -0.1) is 0 Å². The van der Waals surface area contributed by atoms with Gasteiger partial charge in [0.25, 0.3) is 0 Å². The minimum Gasteiger partial charge on any atom is -0.490 e. The molecule has 1 aromatic carbocycles. The van der Waals surface area contributed by atoms with E-state index in [1.165, 1.54) is 13.0 Å². The van der Waals surface area contributed by atoms with Crippen molar-refractivity contribution in [2.45, 2.75) is 20.3 Å². The number of hydrogen-bond acceptors (Lipinski definition) is 3. The zero-order valence-electron chi connectivity index (χ0n) is 10.5. The molecule has 0 bridgehead atoms. The van der Waals surface area contributed by atoms with Crippen LogP contribution in [0, 0.1) is 0 Å². The van der Waals surface area contributed by atoms with Gasteiger partial charge in [0.1, 0.15) is 12.4 Å². The lowest BCUT2D eigenvalue weighted by molar-refractivity contribution is -0.132. The molecule has 0 aromatic heterocycles. The van der Waals surface area contributed by atoms with E-state index in [1.54, 1.807) is 24.3 Å². The monoisotopic (exact) mass is 248 g/mol. The van der Waals surface area contributed by atoms with Gasteiger partial charge in [0, 0.05) is 17.6 Å². The average Bonchev–Trinajstić information content (AvgIpc) is 2.38. The summed E-state index contributed by atoms with van der Waals surface area (Å²) in [5.41, 5.74) is 0.898. The average molecular weight is 248 g/mol. The van der Waals surface area contributed by atoms with Crippen molar-refractivity contribution in [2.24, 2.45) is 0 Å². The van der Waals surface area contributed by atoms with Crippen LogP contribution in [0.5, 0.6) is 5.75 Å². The van der Waals surface area contributed by atoms with Crippen LogP contribution in [-0.2, 0) is 4.79 Å². The molecule has 0 saturated heterocycles. The Hall–Kier alpha value is -2.10. The molecule has 0 aliphatic carbocycles. The Labute approximate surface area is 106 Å². The quantitative estimate of drug-likeness (QED) is 0.621. The Balaban J connectivity index is 2.57. The van der Waals surface area contributed by atoms with Gasteiger partial charge < -0.3 is 9.84 Å². The van der Waals surface area contributed by atoms with Gasteiger partial charge in [-0.1, -0.05) is 6.92 Å². The van der Waals surface area contributed by atoms with Crippen molar-refractivity contribution in [1.82, 2.24) is 0 Å². The van der Waals surface area contributed by atoms with E-state index in [4.69, 9.17) is 9.84 Å². The smallest absolute Gasteiger partial charge is 0.331 e. The van der Waals surface area contributed by atoms with Gasteiger partial charge >= 0.3 is 5.97 Å². The van der Waals surface area contributed by atoms with E-state index in [9.17, 15) is 9.59 Å². The lowest BCUT2D eigenvalue weighted by atomic mass is 10.1. The van der Waals surface area contributed by atoms with Gasteiger partial charge in [-0.05, 0) is 37.3 Å². The van der Waals surface area contributed by atoms with E-state index < -0.39 is 5.97 Å². The number of carbonyl (C=O) groups excluding carboxylic acids is 1. The molecule has 0 amide bonds. The predicted octanol–water partition coefficient (Wildman–Crippen LogP) is 2.69. The molecule has 0 heterocycles. The number of hydrogen-bond donors (Lipinski definition) is 1. The third-order valence-electron chi connectivity index (χ3n) is 2.47. The summed E-state index contributed by atoms with van der Waals surface area (Å²) in [6.45, 7) is 3.51. The molecule has 0 atom stereocenters. The number of carboxylic acids is 1. The summed E-state index contributed by atoms with van der Waals surface area (Å²) in [5, 5.41) is 8.64. The Morgan fingerprint density at radius 2 is 1.89 bits per heavy atom. The van der Waals surface area contributed by atoms with Gasteiger partial charge in [0.15, 0.2) is 5.78 Å². The normalized spacial score (nSPS) is 11.1. The van der Waals surface area contributed by atoms with Crippen molar-refractivity contribution in [3.8, 4) is 5.75 Å². The van der Waals surface area contributed by atoms with Gasteiger partial charge in [0.05, 0.1) is 0 Å². The fourth-order valence-corrected chi connectivity index (χ4v) is 1.29. The molecule has 4 heteroatoms. The second-order valence-corrected chi connectivity index (χ2v) is 3.80. The SMILES string of the molecule is CCC(=O)c1ccc(OCC=C(C)C(=O)O)cc1. The van der Waals surface area contributed by atoms with Crippen molar-refractivity contribution < 1.29 is 19.4 Å². The molecule has 1 N–H and O–H groups in total. The second kappa shape index (κ2) is 6.59. The van der Waals surface area contributed by atoms with Crippen LogP contribution in [0.2, 0.25) is 0 Å². The number of carbonyl (C=O) groups is 2. The summed E-state index contributed by atoms with van der Waals surface area (Å²) < 4.78 is 5.34. The number of ether oxygens (including phenoxy) is 1. The van der Waals surface area contributed by atoms with Crippen molar-refractivity contribution in [3.05, 3.63) is 41.5 Å². The van der Waals surface area contributed by atoms with Gasteiger partial charge in [0.2, 0.25) is 0 Å². The lowest BCUT2D eigenvalue weighted by Crippen LogP contribution is -2.01. The first-order valence-electron chi connectivity index (χ1n) is 5.70. The highest BCUT2D eigenvalue weighted by Crippen LogP contribution is 2.13. The lowest BCUT2D eigenvalue weighted by Gasteiger charge is -2.04. The van der Waals surface area contributed by atoms with Crippen molar-refractivity contribution in [1.29, 1.82) is 0 Å². The summed E-state index contributed by atoms with van der Waals surface area (Å²) in [5.74, 6) is -0.261. The highest BCUT2D eigenvalue weighted by atomic mass is 16.5. The maximum Gasteiger partial charge on any atom is 0.331 e. The molecule has 0 fully saturated rings. The molecular weight excluding hydrogens is 232 g/mol. The molecule has 0 unspecified atom stereocenters. The van der Waals surface area contributed by atoms with Crippen LogP contribution in [0.3, 0.4) is 0 Å². The molecule has 96 valence electrons. The molecule has 1 rings (SSSR count). The molecule has 1 aromatic rings. The Kier molecular flexibility index (Phi) is 5.11. The molecule has 0 radical (unpaired) electrons. The van der Waals surface area contributed by atoms with Gasteiger partial charge in [-0.2, -0.15) is 0 Å². The van der Waals surface area contributed by atoms with Crippen LogP contribution in [0.25, 0.3) is 0 Å². The maximum absolute atomic E-state index is 11.4.